The molecule has 0 atom stereocenters. The molecule has 3 rings (SSSR count). The zero-order valence-electron chi connectivity index (χ0n) is 11.6. The molecular weight excluding hydrogens is 272 g/mol. The summed E-state index contributed by atoms with van der Waals surface area (Å²) >= 11 is 6.14. The van der Waals surface area contributed by atoms with Crippen LogP contribution in [0.3, 0.4) is 0 Å². The molecule has 0 saturated carbocycles. The second-order valence-corrected chi connectivity index (χ2v) is 5.36. The Balaban J connectivity index is 2.09. The second kappa shape index (κ2) is 5.31. The largest absolute Gasteiger partial charge is 0.340 e. The fourth-order valence-electron chi connectivity index (χ4n) is 2.50. The number of nitrogens with zero attached hydrogens (tertiary/aromatic N) is 3. The number of fused-ring (bicyclic) bond motifs is 1. The van der Waals surface area contributed by atoms with Crippen molar-refractivity contribution in [3.8, 4) is 0 Å². The Labute approximate surface area is 123 Å². The van der Waals surface area contributed by atoms with Crippen molar-refractivity contribution in [2.45, 2.75) is 13.1 Å². The number of rotatable bonds is 4. The molecule has 0 bridgehead atoms. The van der Waals surface area contributed by atoms with Crippen molar-refractivity contribution >= 4 is 22.5 Å². The first-order chi connectivity index (χ1) is 9.69. The zero-order chi connectivity index (χ0) is 14.1. The average molecular weight is 289 g/mol. The quantitative estimate of drug-likeness (QED) is 0.801. The van der Waals surface area contributed by atoms with E-state index >= 15 is 0 Å². The Bertz CT molecular complexity index is 741. The van der Waals surface area contributed by atoms with Gasteiger partial charge in [-0.2, -0.15) is 0 Å². The summed E-state index contributed by atoms with van der Waals surface area (Å²) in [6.45, 7) is 1.58. The molecule has 4 nitrogen and oxygen atoms in total. The van der Waals surface area contributed by atoms with Gasteiger partial charge in [-0.1, -0.05) is 17.7 Å². The van der Waals surface area contributed by atoms with E-state index in [1.54, 1.807) is 0 Å². The van der Waals surface area contributed by atoms with Gasteiger partial charge in [0.05, 0.1) is 12.1 Å². The molecule has 1 N–H and O–H groups in total. The topological polar surface area (TPSA) is 34.8 Å². The minimum Gasteiger partial charge on any atom is -0.340 e. The molecule has 0 aliphatic heterocycles. The van der Waals surface area contributed by atoms with E-state index < -0.39 is 0 Å². The third kappa shape index (κ3) is 2.32. The van der Waals surface area contributed by atoms with E-state index in [4.69, 9.17) is 11.6 Å². The van der Waals surface area contributed by atoms with Gasteiger partial charge in [0.25, 0.3) is 0 Å². The second-order valence-electron chi connectivity index (χ2n) is 4.93. The Morgan fingerprint density at radius 2 is 2.20 bits per heavy atom. The first kappa shape index (κ1) is 13.2. The zero-order valence-corrected chi connectivity index (χ0v) is 12.4. The van der Waals surface area contributed by atoms with E-state index in [1.807, 2.05) is 43.2 Å². The lowest BCUT2D eigenvalue weighted by molar-refractivity contribution is 0.713. The average Bonchev–Trinajstić information content (AvgIpc) is 2.96. The maximum absolute atomic E-state index is 6.14. The van der Waals surface area contributed by atoms with Gasteiger partial charge in [0, 0.05) is 42.6 Å². The van der Waals surface area contributed by atoms with E-state index in [-0.39, 0.29) is 0 Å². The Hall–Kier alpha value is -1.78. The Kier molecular flexibility index (Phi) is 3.51. The first-order valence-corrected chi connectivity index (χ1v) is 6.95. The predicted molar refractivity (Wildman–Crippen MR) is 82.0 cm³/mol. The number of hydrogen-bond acceptors (Lipinski definition) is 2. The van der Waals surface area contributed by atoms with Gasteiger partial charge < -0.3 is 14.5 Å². The number of hydrogen-bond donors (Lipinski definition) is 1. The monoisotopic (exact) mass is 288 g/mol. The fourth-order valence-corrected chi connectivity index (χ4v) is 2.67. The van der Waals surface area contributed by atoms with Crippen molar-refractivity contribution in [3.05, 3.63) is 53.2 Å². The van der Waals surface area contributed by atoms with Crippen molar-refractivity contribution in [2.75, 3.05) is 7.05 Å². The number of aryl methyl sites for hydroxylation is 1. The summed E-state index contributed by atoms with van der Waals surface area (Å²) in [4.78, 5) is 4.39. The van der Waals surface area contributed by atoms with Crippen LogP contribution in [0.25, 0.3) is 10.9 Å². The summed E-state index contributed by atoms with van der Waals surface area (Å²) in [5.74, 6) is 1.03. The molecule has 20 heavy (non-hydrogen) atoms. The van der Waals surface area contributed by atoms with Crippen molar-refractivity contribution in [3.63, 3.8) is 0 Å². The highest BCUT2D eigenvalue weighted by Gasteiger charge is 2.10. The minimum absolute atomic E-state index is 0.740. The van der Waals surface area contributed by atoms with Gasteiger partial charge >= 0.3 is 0 Å². The molecule has 0 fully saturated rings. The van der Waals surface area contributed by atoms with Crippen molar-refractivity contribution < 1.29 is 0 Å². The van der Waals surface area contributed by atoms with Crippen LogP contribution in [0.4, 0.5) is 0 Å². The van der Waals surface area contributed by atoms with E-state index in [1.165, 1.54) is 10.9 Å². The molecule has 2 heterocycles. The summed E-state index contributed by atoms with van der Waals surface area (Å²) in [7, 11) is 3.97. The van der Waals surface area contributed by atoms with Gasteiger partial charge in [-0.15, -0.1) is 0 Å². The molecular formula is C15H17ClN4. The van der Waals surface area contributed by atoms with Gasteiger partial charge in [0.1, 0.15) is 5.82 Å². The van der Waals surface area contributed by atoms with Gasteiger partial charge in [-0.05, 0) is 24.7 Å². The Morgan fingerprint density at radius 1 is 1.35 bits per heavy atom. The van der Waals surface area contributed by atoms with Crippen LogP contribution in [0.1, 0.15) is 11.4 Å². The number of halogens is 1. The predicted octanol–water partition coefficient (Wildman–Crippen LogP) is 2.80. The van der Waals surface area contributed by atoms with Crippen LogP contribution >= 0.6 is 11.6 Å². The molecule has 104 valence electrons. The SMILES string of the molecule is CNCc1cn(Cc2nccn2C)c2cc(Cl)ccc12. The number of imidazole rings is 1. The first-order valence-electron chi connectivity index (χ1n) is 6.57. The van der Waals surface area contributed by atoms with Crippen LogP contribution in [-0.2, 0) is 20.1 Å². The van der Waals surface area contributed by atoms with Crippen LogP contribution in [0.2, 0.25) is 5.02 Å². The fraction of sp³-hybridized carbons (Fsp3) is 0.267. The highest BCUT2D eigenvalue weighted by molar-refractivity contribution is 6.31. The van der Waals surface area contributed by atoms with Crippen LogP contribution in [0, 0.1) is 0 Å². The molecule has 2 aromatic heterocycles. The standard InChI is InChI=1S/C15H17ClN4/c1-17-8-11-9-20(10-15-18-5-6-19(15)2)14-7-12(16)3-4-13(11)14/h3-7,9,17H,8,10H2,1-2H3. The lowest BCUT2D eigenvalue weighted by Crippen LogP contribution is -2.06. The molecule has 0 aliphatic carbocycles. The lowest BCUT2D eigenvalue weighted by atomic mass is 10.2. The summed E-state index contributed by atoms with van der Waals surface area (Å²) in [5, 5.41) is 5.20. The van der Waals surface area contributed by atoms with Crippen LogP contribution in [-0.4, -0.2) is 21.2 Å². The van der Waals surface area contributed by atoms with E-state index in [9.17, 15) is 0 Å². The van der Waals surface area contributed by atoms with Crippen LogP contribution < -0.4 is 5.32 Å². The summed E-state index contributed by atoms with van der Waals surface area (Å²) < 4.78 is 4.24. The van der Waals surface area contributed by atoms with Gasteiger partial charge in [0.15, 0.2) is 0 Å². The summed E-state index contributed by atoms with van der Waals surface area (Å²) in [5.41, 5.74) is 2.42. The third-order valence-electron chi connectivity index (χ3n) is 3.53. The van der Waals surface area contributed by atoms with E-state index in [0.717, 1.165) is 29.5 Å². The van der Waals surface area contributed by atoms with Crippen molar-refractivity contribution in [2.24, 2.45) is 7.05 Å². The molecule has 0 amide bonds. The third-order valence-corrected chi connectivity index (χ3v) is 3.76. The smallest absolute Gasteiger partial charge is 0.128 e. The van der Waals surface area contributed by atoms with Gasteiger partial charge in [-0.25, -0.2) is 4.98 Å². The maximum Gasteiger partial charge on any atom is 0.128 e. The van der Waals surface area contributed by atoms with Crippen molar-refractivity contribution in [1.29, 1.82) is 0 Å². The van der Waals surface area contributed by atoms with Crippen LogP contribution in [0.15, 0.2) is 36.8 Å². The maximum atomic E-state index is 6.14. The summed E-state index contributed by atoms with van der Waals surface area (Å²) in [6, 6.07) is 6.03. The van der Waals surface area contributed by atoms with E-state index in [2.05, 4.69) is 27.1 Å². The molecule has 1 aromatic carbocycles. The highest BCUT2D eigenvalue weighted by atomic mass is 35.5. The number of benzene rings is 1. The lowest BCUT2D eigenvalue weighted by Gasteiger charge is -2.05. The van der Waals surface area contributed by atoms with E-state index in [0.29, 0.717) is 0 Å². The molecule has 0 unspecified atom stereocenters. The molecule has 0 radical (unpaired) electrons. The number of aromatic nitrogens is 3. The van der Waals surface area contributed by atoms with Crippen LogP contribution in [0.5, 0.6) is 0 Å². The van der Waals surface area contributed by atoms with Crippen molar-refractivity contribution in [1.82, 2.24) is 19.4 Å². The molecule has 5 heteroatoms. The minimum atomic E-state index is 0.740. The normalized spacial score (nSPS) is 11.3. The summed E-state index contributed by atoms with van der Waals surface area (Å²) in [6.07, 6.45) is 5.96. The highest BCUT2D eigenvalue weighted by Crippen LogP contribution is 2.25. The number of nitrogens with one attached hydrogen (secondary N) is 1. The molecule has 0 saturated heterocycles. The Morgan fingerprint density at radius 3 is 2.90 bits per heavy atom. The molecule has 0 spiro atoms. The van der Waals surface area contributed by atoms with Gasteiger partial charge in [0.2, 0.25) is 0 Å². The van der Waals surface area contributed by atoms with Gasteiger partial charge in [-0.3, -0.25) is 0 Å². The molecule has 3 aromatic rings. The molecule has 0 aliphatic rings.